The van der Waals surface area contributed by atoms with Gasteiger partial charge in [-0.05, 0) is 89.2 Å². The average Bonchev–Trinajstić information content (AvgIpc) is 3.22. The molecule has 1 aliphatic rings. The minimum atomic E-state index is -0.489. The summed E-state index contributed by atoms with van der Waals surface area (Å²) in [6, 6.07) is 41.1. The molecule has 0 spiro atoms. The van der Waals surface area contributed by atoms with Gasteiger partial charge < -0.3 is 9.31 Å². The maximum Gasteiger partial charge on any atom is 0.514 e. The molecule has 200 valence electrons. The van der Waals surface area contributed by atoms with E-state index < -0.39 is 18.3 Å². The van der Waals surface area contributed by atoms with Gasteiger partial charge >= 0.3 is 7.12 Å². The van der Waals surface area contributed by atoms with Gasteiger partial charge in [-0.15, -0.1) is 0 Å². The molecule has 41 heavy (non-hydrogen) atoms. The van der Waals surface area contributed by atoms with E-state index in [-0.39, 0.29) is 0 Å². The molecule has 0 unspecified atom stereocenters. The summed E-state index contributed by atoms with van der Waals surface area (Å²) < 4.78 is 12.5. The standard InChI is InChI=1S/C37H32BNO2/c1-36(2)37(3,4)41-38(40-36)33-22-20-28(24-39-33)35-30-18-12-11-17-29(30)34(26-15-9-6-10-16-26)32-23-27(19-21-31(32)35)25-13-7-5-8-14-25/h5-24H,1-4H3. The molecule has 0 radical (unpaired) electrons. The number of hydrogen-bond acceptors (Lipinski definition) is 3. The highest BCUT2D eigenvalue weighted by Crippen LogP contribution is 2.44. The predicted molar refractivity (Wildman–Crippen MR) is 171 cm³/mol. The molecular formula is C37H32BNO2. The van der Waals surface area contributed by atoms with Gasteiger partial charge in [0.25, 0.3) is 0 Å². The molecule has 2 heterocycles. The lowest BCUT2D eigenvalue weighted by atomic mass is 9.82. The molecule has 7 rings (SSSR count). The van der Waals surface area contributed by atoms with Gasteiger partial charge in [0, 0.05) is 11.8 Å². The Hall–Kier alpha value is -4.25. The molecule has 0 atom stereocenters. The number of aromatic nitrogens is 1. The van der Waals surface area contributed by atoms with E-state index in [1.165, 1.54) is 49.4 Å². The second-order valence-electron chi connectivity index (χ2n) is 11.8. The van der Waals surface area contributed by atoms with Crippen LogP contribution in [0.25, 0.3) is 54.9 Å². The molecular weight excluding hydrogens is 501 g/mol. The molecule has 5 aromatic carbocycles. The Balaban J connectivity index is 1.45. The van der Waals surface area contributed by atoms with Gasteiger partial charge in [-0.2, -0.15) is 0 Å². The summed E-state index contributed by atoms with van der Waals surface area (Å²) >= 11 is 0. The summed E-state index contributed by atoms with van der Waals surface area (Å²) in [4.78, 5) is 4.88. The van der Waals surface area contributed by atoms with Crippen LogP contribution in [-0.2, 0) is 9.31 Å². The van der Waals surface area contributed by atoms with Crippen LogP contribution in [0.2, 0.25) is 0 Å². The van der Waals surface area contributed by atoms with Crippen LogP contribution in [0.3, 0.4) is 0 Å². The molecule has 3 nitrogen and oxygen atoms in total. The fourth-order valence-corrected chi connectivity index (χ4v) is 5.87. The minimum absolute atomic E-state index is 0.409. The topological polar surface area (TPSA) is 31.4 Å². The van der Waals surface area contributed by atoms with E-state index >= 15 is 0 Å². The van der Waals surface area contributed by atoms with E-state index in [0.717, 1.165) is 11.2 Å². The van der Waals surface area contributed by atoms with Crippen molar-refractivity contribution >= 4 is 34.3 Å². The number of nitrogens with zero attached hydrogens (tertiary/aromatic N) is 1. The third-order valence-electron chi connectivity index (χ3n) is 8.76. The number of fused-ring (bicyclic) bond motifs is 2. The monoisotopic (exact) mass is 533 g/mol. The van der Waals surface area contributed by atoms with Crippen molar-refractivity contribution in [3.8, 4) is 33.4 Å². The van der Waals surface area contributed by atoms with Crippen molar-refractivity contribution in [2.24, 2.45) is 0 Å². The van der Waals surface area contributed by atoms with E-state index in [4.69, 9.17) is 14.3 Å². The lowest BCUT2D eigenvalue weighted by Gasteiger charge is -2.32. The van der Waals surface area contributed by atoms with Crippen LogP contribution in [-0.4, -0.2) is 23.3 Å². The molecule has 0 bridgehead atoms. The second-order valence-corrected chi connectivity index (χ2v) is 11.8. The average molecular weight is 533 g/mol. The smallest absolute Gasteiger partial charge is 0.398 e. The Morgan fingerprint density at radius 2 is 1.00 bits per heavy atom. The Labute approximate surface area is 241 Å². The number of benzene rings is 5. The summed E-state index contributed by atoms with van der Waals surface area (Å²) in [5.74, 6) is 0. The number of pyridine rings is 1. The van der Waals surface area contributed by atoms with Crippen molar-refractivity contribution < 1.29 is 9.31 Å². The summed E-state index contributed by atoms with van der Waals surface area (Å²) in [5.41, 5.74) is 7.08. The van der Waals surface area contributed by atoms with E-state index in [1.807, 2.05) is 12.3 Å². The van der Waals surface area contributed by atoms with E-state index in [0.29, 0.717) is 0 Å². The van der Waals surface area contributed by atoms with Gasteiger partial charge in [0.2, 0.25) is 0 Å². The van der Waals surface area contributed by atoms with Gasteiger partial charge in [-0.25, -0.2) is 0 Å². The first kappa shape index (κ1) is 25.7. The molecule has 0 amide bonds. The molecule has 1 saturated heterocycles. The van der Waals surface area contributed by atoms with Gasteiger partial charge in [-0.3, -0.25) is 4.98 Å². The van der Waals surface area contributed by atoms with Crippen molar-refractivity contribution in [2.45, 2.75) is 38.9 Å². The van der Waals surface area contributed by atoms with Crippen molar-refractivity contribution in [1.82, 2.24) is 4.98 Å². The van der Waals surface area contributed by atoms with Crippen LogP contribution >= 0.6 is 0 Å². The Morgan fingerprint density at radius 1 is 0.488 bits per heavy atom. The third-order valence-corrected chi connectivity index (χ3v) is 8.76. The maximum absolute atomic E-state index is 6.27. The van der Waals surface area contributed by atoms with Gasteiger partial charge in [0.15, 0.2) is 0 Å². The highest BCUT2D eigenvalue weighted by molar-refractivity contribution is 6.61. The van der Waals surface area contributed by atoms with Crippen LogP contribution in [0.1, 0.15) is 27.7 Å². The van der Waals surface area contributed by atoms with E-state index in [1.54, 1.807) is 0 Å². The summed E-state index contributed by atoms with van der Waals surface area (Å²) in [6.07, 6.45) is 1.97. The van der Waals surface area contributed by atoms with Crippen LogP contribution in [0.4, 0.5) is 0 Å². The first-order valence-electron chi connectivity index (χ1n) is 14.2. The molecule has 0 N–H and O–H groups in total. The van der Waals surface area contributed by atoms with Crippen LogP contribution in [0.15, 0.2) is 121 Å². The fraction of sp³-hybridized carbons (Fsp3) is 0.162. The van der Waals surface area contributed by atoms with Crippen molar-refractivity contribution in [2.75, 3.05) is 0 Å². The second kappa shape index (κ2) is 9.69. The summed E-state index contributed by atoms with van der Waals surface area (Å²) in [7, 11) is -0.489. The van der Waals surface area contributed by atoms with E-state index in [2.05, 4.69) is 137 Å². The summed E-state index contributed by atoms with van der Waals surface area (Å²) in [5, 5.41) is 4.85. The number of hydrogen-bond donors (Lipinski definition) is 0. The Kier molecular flexibility index (Phi) is 6.08. The zero-order valence-corrected chi connectivity index (χ0v) is 23.9. The Morgan fingerprint density at radius 3 is 1.59 bits per heavy atom. The summed E-state index contributed by atoms with van der Waals surface area (Å²) in [6.45, 7) is 8.27. The first-order valence-corrected chi connectivity index (χ1v) is 14.2. The number of rotatable bonds is 4. The lowest BCUT2D eigenvalue weighted by molar-refractivity contribution is 0.00578. The predicted octanol–water partition coefficient (Wildman–Crippen LogP) is 8.69. The minimum Gasteiger partial charge on any atom is -0.398 e. The van der Waals surface area contributed by atoms with Crippen molar-refractivity contribution in [1.29, 1.82) is 0 Å². The lowest BCUT2D eigenvalue weighted by Crippen LogP contribution is -2.41. The van der Waals surface area contributed by atoms with E-state index in [9.17, 15) is 0 Å². The van der Waals surface area contributed by atoms with Gasteiger partial charge in [0.05, 0.1) is 16.8 Å². The fourth-order valence-electron chi connectivity index (χ4n) is 5.87. The van der Waals surface area contributed by atoms with Gasteiger partial charge in [0.1, 0.15) is 0 Å². The largest absolute Gasteiger partial charge is 0.514 e. The maximum atomic E-state index is 6.27. The van der Waals surface area contributed by atoms with Crippen LogP contribution in [0.5, 0.6) is 0 Å². The zero-order valence-electron chi connectivity index (χ0n) is 23.9. The highest BCUT2D eigenvalue weighted by Gasteiger charge is 2.52. The molecule has 1 aliphatic heterocycles. The van der Waals surface area contributed by atoms with Crippen LogP contribution < -0.4 is 5.59 Å². The quantitative estimate of drug-likeness (QED) is 0.168. The molecule has 0 aliphatic carbocycles. The Bertz CT molecular complexity index is 1860. The normalized spacial score (nSPS) is 16.0. The first-order chi connectivity index (χ1) is 19.8. The molecule has 4 heteroatoms. The molecule has 1 aromatic heterocycles. The van der Waals surface area contributed by atoms with Crippen molar-refractivity contribution in [3.05, 3.63) is 121 Å². The van der Waals surface area contributed by atoms with Gasteiger partial charge in [-0.1, -0.05) is 103 Å². The van der Waals surface area contributed by atoms with Crippen LogP contribution in [0, 0.1) is 0 Å². The highest BCUT2D eigenvalue weighted by atomic mass is 16.7. The molecule has 1 fully saturated rings. The molecule has 0 saturated carbocycles. The third kappa shape index (κ3) is 4.35. The zero-order chi connectivity index (χ0) is 28.2. The van der Waals surface area contributed by atoms with Crippen molar-refractivity contribution in [3.63, 3.8) is 0 Å². The molecule has 6 aromatic rings. The SMILES string of the molecule is CC1(C)OB(c2ccc(-c3c4ccccc4c(-c4ccccc4)c4cc(-c5ccccc5)ccc34)cn2)OC1(C)C.